The average molecular weight is 489 g/mol. The Bertz CT molecular complexity index is 610. The number of carbonyl (C=O) groups is 1. The summed E-state index contributed by atoms with van der Waals surface area (Å²) < 4.78 is 23.8. The highest BCUT2D eigenvalue weighted by Gasteiger charge is 2.35. The monoisotopic (exact) mass is 488 g/mol. The molecule has 9 heteroatoms. The molecule has 0 fully saturated rings. The second kappa shape index (κ2) is 15.7. The van der Waals surface area contributed by atoms with Gasteiger partial charge in [-0.3, -0.25) is 9.89 Å². The van der Waals surface area contributed by atoms with Crippen molar-refractivity contribution in [1.29, 1.82) is 0 Å². The molecule has 0 saturated heterocycles. The summed E-state index contributed by atoms with van der Waals surface area (Å²) in [5.74, 6) is 0. The number of aliphatic imine (C=N–C) groups is 1. The average Bonchev–Trinajstić information content (AvgIpc) is 3.20. The van der Waals surface area contributed by atoms with Crippen LogP contribution in [0.1, 0.15) is 67.2 Å². The van der Waals surface area contributed by atoms with Crippen LogP contribution >= 0.6 is 11.8 Å². The van der Waals surface area contributed by atoms with E-state index in [0.29, 0.717) is 24.9 Å². The smallest absolute Gasteiger partial charge is 0.416 e. The van der Waals surface area contributed by atoms with Crippen molar-refractivity contribution in [3.63, 3.8) is 0 Å². The minimum Gasteiger partial charge on any atom is -0.443 e. The van der Waals surface area contributed by atoms with Gasteiger partial charge < -0.3 is 24.1 Å². The number of hydrogen-bond acceptors (Lipinski definition) is 8. The number of carbonyl (C=O) groups excluding carboxylic acids is 1. The van der Waals surface area contributed by atoms with E-state index in [-0.39, 0.29) is 24.7 Å². The molecule has 8 nitrogen and oxygen atoms in total. The van der Waals surface area contributed by atoms with Crippen LogP contribution in [-0.4, -0.2) is 83.5 Å². The highest BCUT2D eigenvalue weighted by molar-refractivity contribution is 8.14. The second-order valence-electron chi connectivity index (χ2n) is 9.03. The molecular weight excluding hydrogens is 444 g/mol. The lowest BCUT2D eigenvalue weighted by Crippen LogP contribution is -2.45. The zero-order valence-corrected chi connectivity index (χ0v) is 22.1. The Kier molecular flexibility index (Phi) is 14.2. The summed E-state index contributed by atoms with van der Waals surface area (Å²) in [6.07, 6.45) is 3.91. The number of aliphatic hydroxyl groups is 1. The maximum atomic E-state index is 12.6. The van der Waals surface area contributed by atoms with Crippen LogP contribution in [0.5, 0.6) is 0 Å². The number of rotatable bonds is 15. The third-order valence-corrected chi connectivity index (χ3v) is 5.87. The molecule has 0 saturated carbocycles. The van der Waals surface area contributed by atoms with Crippen LogP contribution < -0.4 is 0 Å². The van der Waals surface area contributed by atoms with Gasteiger partial charge in [0, 0.05) is 19.8 Å². The Hall–Kier alpha value is -1.13. The standard InChI is InChI=1S/C24H44N2O6S/c1-8-11-14-29-18(4)21(30-15-12-9-2)19(17-27)31-20-16-25-22(33-20)26(13-10-3)23(28)32-24(5,6)7/h10,18-21,27H,3,8-9,11-17H2,1-2,4-7H3/t18-,19-,20-,21+/m1/s1. The molecule has 1 aliphatic rings. The van der Waals surface area contributed by atoms with E-state index in [1.54, 1.807) is 6.08 Å². The van der Waals surface area contributed by atoms with Gasteiger partial charge in [0.25, 0.3) is 0 Å². The zero-order valence-electron chi connectivity index (χ0n) is 21.2. The van der Waals surface area contributed by atoms with Crippen LogP contribution in [0.3, 0.4) is 0 Å². The first kappa shape index (κ1) is 29.9. The Morgan fingerprint density at radius 3 is 2.45 bits per heavy atom. The lowest BCUT2D eigenvalue weighted by atomic mass is 10.1. The first-order chi connectivity index (χ1) is 15.7. The summed E-state index contributed by atoms with van der Waals surface area (Å²) in [6, 6.07) is 0. The van der Waals surface area contributed by atoms with E-state index in [4.69, 9.17) is 18.9 Å². The van der Waals surface area contributed by atoms with Crippen molar-refractivity contribution >= 4 is 23.0 Å². The van der Waals surface area contributed by atoms with Gasteiger partial charge in [-0.05, 0) is 40.5 Å². The van der Waals surface area contributed by atoms with Gasteiger partial charge in [0.05, 0.1) is 19.3 Å². The first-order valence-corrected chi connectivity index (χ1v) is 12.9. The van der Waals surface area contributed by atoms with E-state index in [1.807, 2.05) is 27.7 Å². The number of amidine groups is 1. The predicted molar refractivity (Wildman–Crippen MR) is 134 cm³/mol. The summed E-state index contributed by atoms with van der Waals surface area (Å²) in [5.41, 5.74) is -0.971. The molecule has 0 bridgehead atoms. The van der Waals surface area contributed by atoms with Gasteiger partial charge in [-0.25, -0.2) is 4.79 Å². The quantitative estimate of drug-likeness (QED) is 0.266. The molecule has 1 aliphatic heterocycles. The normalized spacial score (nSPS) is 19.0. The third kappa shape index (κ3) is 11.2. The van der Waals surface area contributed by atoms with E-state index >= 15 is 0 Å². The minimum absolute atomic E-state index is 0.201. The Labute approximate surface area is 204 Å². The number of ether oxygens (including phenoxy) is 4. The van der Waals surface area contributed by atoms with E-state index < -0.39 is 23.9 Å². The van der Waals surface area contributed by atoms with Gasteiger partial charge in [0.2, 0.25) is 0 Å². The zero-order chi connectivity index (χ0) is 24.9. The lowest BCUT2D eigenvalue weighted by Gasteiger charge is -2.32. The summed E-state index contributed by atoms with van der Waals surface area (Å²) >= 11 is 1.33. The maximum absolute atomic E-state index is 12.6. The van der Waals surface area contributed by atoms with Crippen LogP contribution in [0.4, 0.5) is 4.79 Å². The van der Waals surface area contributed by atoms with Gasteiger partial charge in [0.15, 0.2) is 5.17 Å². The number of hydrogen-bond donors (Lipinski definition) is 1. The SMILES string of the molecule is C=CCN(C(=O)OC(C)(C)C)C1=NC[C@H](O[C@H](CO)[C@@H](OCCCC)[C@@H](C)OCCCC)S1. The van der Waals surface area contributed by atoms with Crippen molar-refractivity contribution in [2.45, 2.75) is 96.6 Å². The first-order valence-electron chi connectivity index (χ1n) is 12.0. The summed E-state index contributed by atoms with van der Waals surface area (Å²) in [4.78, 5) is 18.6. The van der Waals surface area contributed by atoms with Crippen LogP contribution in [0.25, 0.3) is 0 Å². The number of thioether (sulfide) groups is 1. The largest absolute Gasteiger partial charge is 0.443 e. The molecule has 33 heavy (non-hydrogen) atoms. The van der Waals surface area contributed by atoms with E-state index in [2.05, 4.69) is 25.4 Å². The fourth-order valence-corrected chi connectivity index (χ4v) is 4.09. The highest BCUT2D eigenvalue weighted by atomic mass is 32.2. The Morgan fingerprint density at radius 2 is 1.91 bits per heavy atom. The van der Waals surface area contributed by atoms with Crippen LogP contribution in [0.2, 0.25) is 0 Å². The van der Waals surface area contributed by atoms with Crippen LogP contribution in [0, 0.1) is 0 Å². The van der Waals surface area contributed by atoms with Crippen molar-refractivity contribution in [3.05, 3.63) is 12.7 Å². The van der Waals surface area contributed by atoms with Gasteiger partial charge >= 0.3 is 6.09 Å². The van der Waals surface area contributed by atoms with Gasteiger partial charge in [-0.1, -0.05) is 44.5 Å². The fraction of sp³-hybridized carbons (Fsp3) is 0.833. The molecule has 0 radical (unpaired) electrons. The van der Waals surface area contributed by atoms with E-state index in [9.17, 15) is 9.90 Å². The molecule has 0 aromatic carbocycles. The van der Waals surface area contributed by atoms with Crippen molar-refractivity contribution < 1.29 is 28.8 Å². The molecule has 1 amide bonds. The van der Waals surface area contributed by atoms with Crippen molar-refractivity contribution in [2.24, 2.45) is 4.99 Å². The molecule has 0 aromatic heterocycles. The van der Waals surface area contributed by atoms with Crippen LogP contribution in [0.15, 0.2) is 17.6 Å². The number of aliphatic hydroxyl groups excluding tert-OH is 1. The van der Waals surface area contributed by atoms with E-state index in [0.717, 1.165) is 25.7 Å². The molecule has 0 aromatic rings. The predicted octanol–water partition coefficient (Wildman–Crippen LogP) is 4.61. The topological polar surface area (TPSA) is 89.8 Å². The molecule has 1 heterocycles. The maximum Gasteiger partial charge on any atom is 0.416 e. The van der Waals surface area contributed by atoms with E-state index in [1.165, 1.54) is 16.7 Å². The highest BCUT2D eigenvalue weighted by Crippen LogP contribution is 2.28. The molecule has 192 valence electrons. The number of nitrogens with zero attached hydrogens (tertiary/aromatic N) is 2. The minimum atomic E-state index is -0.616. The summed E-state index contributed by atoms with van der Waals surface area (Å²) in [6.45, 7) is 17.0. The molecule has 0 unspecified atom stereocenters. The lowest BCUT2D eigenvalue weighted by molar-refractivity contribution is -0.149. The molecular formula is C24H44N2O6S. The molecule has 4 atom stereocenters. The number of amides is 1. The van der Waals surface area contributed by atoms with Crippen molar-refractivity contribution in [3.8, 4) is 0 Å². The van der Waals surface area contributed by atoms with Gasteiger partial charge in [-0.15, -0.1) is 6.58 Å². The van der Waals surface area contributed by atoms with Crippen LogP contribution in [-0.2, 0) is 18.9 Å². The molecule has 1 N–H and O–H groups in total. The third-order valence-electron chi connectivity index (χ3n) is 4.79. The number of unbranched alkanes of at least 4 members (excludes halogenated alkanes) is 2. The Balaban J connectivity index is 2.80. The summed E-state index contributed by atoms with van der Waals surface area (Å²) in [7, 11) is 0. The second-order valence-corrected chi connectivity index (χ2v) is 10.2. The van der Waals surface area contributed by atoms with Gasteiger partial charge in [0.1, 0.15) is 23.2 Å². The van der Waals surface area contributed by atoms with Gasteiger partial charge in [-0.2, -0.15) is 0 Å². The Morgan fingerprint density at radius 1 is 1.27 bits per heavy atom. The van der Waals surface area contributed by atoms with Crippen molar-refractivity contribution in [2.75, 3.05) is 32.9 Å². The van der Waals surface area contributed by atoms with Crippen molar-refractivity contribution in [1.82, 2.24) is 4.90 Å². The fourth-order valence-electron chi connectivity index (χ4n) is 3.08. The molecule has 0 spiro atoms. The molecule has 1 rings (SSSR count). The summed E-state index contributed by atoms with van der Waals surface area (Å²) in [5, 5.41) is 10.6. The molecule has 0 aliphatic carbocycles.